The lowest BCUT2D eigenvalue weighted by Gasteiger charge is -2.09. The monoisotopic (exact) mass is 306 g/mol. The Bertz CT molecular complexity index is 893. The van der Waals surface area contributed by atoms with Crippen LogP contribution in [0.25, 0.3) is 22.1 Å². The molecule has 0 spiro atoms. The molecule has 0 fully saturated rings. The number of rotatable bonds is 1. The van der Waals surface area contributed by atoms with Crippen molar-refractivity contribution in [2.45, 2.75) is 6.18 Å². The molecule has 0 aliphatic rings. The summed E-state index contributed by atoms with van der Waals surface area (Å²) < 4.78 is 42.8. The summed E-state index contributed by atoms with van der Waals surface area (Å²) in [7, 11) is 0. The largest absolute Gasteiger partial charge is 0.508 e. The molecule has 2 aromatic carbocycles. The van der Waals surface area contributed by atoms with Gasteiger partial charge >= 0.3 is 11.8 Å². The molecule has 0 saturated carbocycles. The van der Waals surface area contributed by atoms with Crippen molar-refractivity contribution in [3.63, 3.8) is 0 Å². The van der Waals surface area contributed by atoms with Gasteiger partial charge in [0.05, 0.1) is 5.56 Å². The Labute approximate surface area is 122 Å². The first-order valence-electron chi connectivity index (χ1n) is 6.29. The number of hydrogen-bond acceptors (Lipinski definition) is 3. The molecule has 0 amide bonds. The van der Waals surface area contributed by atoms with E-state index in [0.29, 0.717) is 16.5 Å². The van der Waals surface area contributed by atoms with E-state index >= 15 is 0 Å². The van der Waals surface area contributed by atoms with Crippen molar-refractivity contribution >= 4 is 11.0 Å². The van der Waals surface area contributed by atoms with Gasteiger partial charge in [0.1, 0.15) is 11.3 Å². The minimum atomic E-state index is -4.41. The molecule has 3 nitrogen and oxygen atoms in total. The Morgan fingerprint density at radius 1 is 0.955 bits per heavy atom. The molecule has 1 N–H and O–H groups in total. The maximum Gasteiger partial charge on any atom is 0.416 e. The first kappa shape index (κ1) is 14.2. The number of benzene rings is 2. The van der Waals surface area contributed by atoms with E-state index in [4.69, 9.17) is 4.42 Å². The summed E-state index contributed by atoms with van der Waals surface area (Å²) in [5, 5.41) is 9.95. The van der Waals surface area contributed by atoms with Crippen molar-refractivity contribution in [2.24, 2.45) is 0 Å². The van der Waals surface area contributed by atoms with Gasteiger partial charge in [0, 0.05) is 17.5 Å². The molecular formula is C16H9F3O3. The fourth-order valence-electron chi connectivity index (χ4n) is 2.23. The zero-order valence-corrected chi connectivity index (χ0v) is 11.0. The van der Waals surface area contributed by atoms with E-state index in [1.165, 1.54) is 30.3 Å². The molecule has 3 rings (SSSR count). The maximum atomic E-state index is 12.6. The van der Waals surface area contributed by atoms with Crippen LogP contribution in [-0.4, -0.2) is 5.11 Å². The Morgan fingerprint density at radius 3 is 2.27 bits per heavy atom. The summed E-state index contributed by atoms with van der Waals surface area (Å²) in [4.78, 5) is 11.6. The summed E-state index contributed by atoms with van der Waals surface area (Å²) in [5.41, 5.74) is -0.340. The molecule has 3 aromatic rings. The number of alkyl halides is 3. The number of hydrogen-bond donors (Lipinski definition) is 1. The van der Waals surface area contributed by atoms with Gasteiger partial charge < -0.3 is 9.52 Å². The van der Waals surface area contributed by atoms with Crippen LogP contribution < -0.4 is 5.63 Å². The van der Waals surface area contributed by atoms with Gasteiger partial charge in [0.25, 0.3) is 0 Å². The van der Waals surface area contributed by atoms with Gasteiger partial charge in [0.2, 0.25) is 0 Å². The van der Waals surface area contributed by atoms with E-state index in [1.807, 2.05) is 0 Å². The standard InChI is InChI=1S/C16H9F3O3/c17-16(18,19)10-3-1-9(2-4-10)13-8-15(21)22-14-7-11(20)5-6-12(13)14/h1-8,20H. The average molecular weight is 306 g/mol. The molecule has 0 saturated heterocycles. The van der Waals surface area contributed by atoms with Crippen molar-refractivity contribution < 1.29 is 22.7 Å². The minimum absolute atomic E-state index is 0.0692. The Balaban J connectivity index is 2.20. The van der Waals surface area contributed by atoms with Gasteiger partial charge in [-0.05, 0) is 35.4 Å². The molecule has 0 atom stereocenters. The molecule has 0 aliphatic carbocycles. The van der Waals surface area contributed by atoms with Crippen LogP contribution in [0.4, 0.5) is 13.2 Å². The Morgan fingerprint density at radius 2 is 1.64 bits per heavy atom. The first-order valence-corrected chi connectivity index (χ1v) is 6.29. The van der Waals surface area contributed by atoms with Gasteiger partial charge in [-0.15, -0.1) is 0 Å². The highest BCUT2D eigenvalue weighted by Gasteiger charge is 2.30. The highest BCUT2D eigenvalue weighted by Crippen LogP contribution is 2.33. The van der Waals surface area contributed by atoms with Crippen LogP contribution in [0.1, 0.15) is 5.56 Å². The smallest absolute Gasteiger partial charge is 0.416 e. The Hall–Kier alpha value is -2.76. The number of fused-ring (bicyclic) bond motifs is 1. The highest BCUT2D eigenvalue weighted by atomic mass is 19.4. The predicted molar refractivity (Wildman–Crippen MR) is 74.6 cm³/mol. The van der Waals surface area contributed by atoms with Gasteiger partial charge in [0.15, 0.2) is 0 Å². The van der Waals surface area contributed by atoms with Crippen LogP contribution in [-0.2, 0) is 6.18 Å². The molecule has 1 heterocycles. The highest BCUT2D eigenvalue weighted by molar-refractivity contribution is 5.93. The van der Waals surface area contributed by atoms with Crippen LogP contribution in [0, 0.1) is 0 Å². The van der Waals surface area contributed by atoms with Crippen LogP contribution in [0.3, 0.4) is 0 Å². The molecular weight excluding hydrogens is 297 g/mol. The molecule has 6 heteroatoms. The van der Waals surface area contributed by atoms with Gasteiger partial charge in [-0.1, -0.05) is 12.1 Å². The SMILES string of the molecule is O=c1cc(-c2ccc(C(F)(F)F)cc2)c2ccc(O)cc2o1. The topological polar surface area (TPSA) is 50.4 Å². The average Bonchev–Trinajstić information content (AvgIpc) is 2.45. The van der Waals surface area contributed by atoms with Crippen molar-refractivity contribution in [2.75, 3.05) is 0 Å². The third kappa shape index (κ3) is 2.55. The van der Waals surface area contributed by atoms with Crippen molar-refractivity contribution in [1.82, 2.24) is 0 Å². The van der Waals surface area contributed by atoms with Gasteiger partial charge in [-0.3, -0.25) is 0 Å². The minimum Gasteiger partial charge on any atom is -0.508 e. The maximum absolute atomic E-state index is 12.6. The normalized spacial score (nSPS) is 11.8. The first-order chi connectivity index (χ1) is 10.3. The Kier molecular flexibility index (Phi) is 3.16. The number of phenols is 1. The second-order valence-electron chi connectivity index (χ2n) is 4.73. The molecule has 0 unspecified atom stereocenters. The molecule has 22 heavy (non-hydrogen) atoms. The third-order valence-corrected chi connectivity index (χ3v) is 3.25. The zero-order chi connectivity index (χ0) is 15.9. The lowest BCUT2D eigenvalue weighted by molar-refractivity contribution is -0.137. The van der Waals surface area contributed by atoms with E-state index in [9.17, 15) is 23.1 Å². The zero-order valence-electron chi connectivity index (χ0n) is 11.0. The fourth-order valence-corrected chi connectivity index (χ4v) is 2.23. The van der Waals surface area contributed by atoms with E-state index < -0.39 is 17.4 Å². The molecule has 1 aromatic heterocycles. The van der Waals surface area contributed by atoms with Crippen LogP contribution in [0.2, 0.25) is 0 Å². The van der Waals surface area contributed by atoms with Gasteiger partial charge in [-0.2, -0.15) is 13.2 Å². The van der Waals surface area contributed by atoms with E-state index in [2.05, 4.69) is 0 Å². The summed E-state index contributed by atoms with van der Waals surface area (Å²) in [6.07, 6.45) is -4.41. The van der Waals surface area contributed by atoms with Crippen molar-refractivity contribution in [3.8, 4) is 16.9 Å². The quantitative estimate of drug-likeness (QED) is 0.686. The number of aromatic hydroxyl groups is 1. The fraction of sp³-hybridized carbons (Fsp3) is 0.0625. The second kappa shape index (κ2) is 4.91. The summed E-state index contributed by atoms with van der Waals surface area (Å²) in [6.45, 7) is 0. The number of halogens is 3. The van der Waals surface area contributed by atoms with E-state index in [0.717, 1.165) is 12.1 Å². The molecule has 0 radical (unpaired) electrons. The third-order valence-electron chi connectivity index (χ3n) is 3.25. The summed E-state index contributed by atoms with van der Waals surface area (Å²) in [6, 6.07) is 9.95. The number of phenolic OH excluding ortho intramolecular Hbond substituents is 1. The molecule has 0 bridgehead atoms. The van der Waals surface area contributed by atoms with E-state index in [1.54, 1.807) is 6.07 Å². The van der Waals surface area contributed by atoms with Crippen LogP contribution >= 0.6 is 0 Å². The van der Waals surface area contributed by atoms with E-state index in [-0.39, 0.29) is 11.3 Å². The van der Waals surface area contributed by atoms with Crippen LogP contribution in [0.15, 0.2) is 57.7 Å². The molecule has 0 aliphatic heterocycles. The summed E-state index contributed by atoms with van der Waals surface area (Å²) >= 11 is 0. The lowest BCUT2D eigenvalue weighted by Crippen LogP contribution is -2.04. The van der Waals surface area contributed by atoms with Crippen molar-refractivity contribution in [3.05, 3.63) is 64.5 Å². The van der Waals surface area contributed by atoms with Crippen LogP contribution in [0.5, 0.6) is 5.75 Å². The van der Waals surface area contributed by atoms with Gasteiger partial charge in [-0.25, -0.2) is 4.79 Å². The lowest BCUT2D eigenvalue weighted by atomic mass is 10.0. The molecule has 112 valence electrons. The summed E-state index contributed by atoms with van der Waals surface area (Å²) in [5.74, 6) is -0.0692. The second-order valence-corrected chi connectivity index (χ2v) is 4.73. The van der Waals surface area contributed by atoms with Crippen molar-refractivity contribution in [1.29, 1.82) is 0 Å². The predicted octanol–water partition coefficient (Wildman–Crippen LogP) is 4.18.